The fourth-order valence-corrected chi connectivity index (χ4v) is 0. The molecule has 2 N–H and O–H groups in total. The van der Waals surface area contributed by atoms with E-state index in [0.717, 1.165) is 0 Å². The second kappa shape index (κ2) is 22.5. The summed E-state index contributed by atoms with van der Waals surface area (Å²) >= 11 is 0. The van der Waals surface area contributed by atoms with Gasteiger partial charge < -0.3 is 51.4 Å². The van der Waals surface area contributed by atoms with Crippen molar-refractivity contribution in [2.45, 2.75) is 0 Å². The zero-order valence-corrected chi connectivity index (χ0v) is 9.90. The van der Waals surface area contributed by atoms with Crippen molar-refractivity contribution >= 4 is 26.2 Å². The molecule has 13 nitrogen and oxygen atoms in total. The van der Waals surface area contributed by atoms with Crippen molar-refractivity contribution in [2.24, 2.45) is 0 Å². The summed E-state index contributed by atoms with van der Waals surface area (Å²) in [7, 11) is 0. The molecule has 2 radical (unpaired) electrons. The van der Waals surface area contributed by atoms with Gasteiger partial charge in [0, 0.05) is 0 Å². The van der Waals surface area contributed by atoms with E-state index in [4.69, 9.17) is 46.0 Å². The molecule has 0 aromatic heterocycles. The first kappa shape index (κ1) is 29.4. The Bertz CT molecular complexity index is 113. The monoisotopic (exact) mass is 414 g/mol. The normalized spacial score (nSPS) is 5.14. The van der Waals surface area contributed by atoms with Crippen molar-refractivity contribution in [1.82, 2.24) is 0 Å². The van der Waals surface area contributed by atoms with Crippen molar-refractivity contribution in [3.63, 3.8) is 0 Å². The number of hydrogen-bond acceptors (Lipinski definition) is 9. The molecule has 86 valence electrons. The standard InChI is InChI=1S/Bi.3NO3.H2O.H/c;3*2-1(3)4;;/h;;;;1H2;/q;3*-1;;. The van der Waals surface area contributed by atoms with Gasteiger partial charge in [-0.1, -0.05) is 0 Å². The van der Waals surface area contributed by atoms with E-state index in [0.29, 0.717) is 0 Å². The van der Waals surface area contributed by atoms with Crippen LogP contribution in [0.1, 0.15) is 0 Å². The van der Waals surface area contributed by atoms with Gasteiger partial charge in [-0.25, -0.2) is 0 Å². The van der Waals surface area contributed by atoms with Crippen LogP contribution in [0.2, 0.25) is 0 Å². The molecule has 0 fully saturated rings. The predicted molar refractivity (Wildman–Crippen MR) is 41.8 cm³/mol. The Kier molecular flexibility index (Phi) is 47.3. The molecule has 0 spiro atoms. The summed E-state index contributed by atoms with van der Waals surface area (Å²) in [6, 6.07) is 0. The van der Waals surface area contributed by atoms with Crippen LogP contribution in [0.5, 0.6) is 0 Å². The van der Waals surface area contributed by atoms with Crippen LogP contribution in [0.4, 0.5) is 0 Å². The van der Waals surface area contributed by atoms with Crippen LogP contribution in [0.25, 0.3) is 0 Å². The van der Waals surface area contributed by atoms with Gasteiger partial charge in [-0.3, -0.25) is 0 Å². The van der Waals surface area contributed by atoms with Crippen molar-refractivity contribution in [2.75, 3.05) is 0 Å². The van der Waals surface area contributed by atoms with Gasteiger partial charge in [0.1, 0.15) is 0 Å². The van der Waals surface area contributed by atoms with Crippen molar-refractivity contribution in [1.29, 1.82) is 0 Å². The van der Waals surface area contributed by atoms with Crippen LogP contribution in [0.15, 0.2) is 0 Å². The summed E-state index contributed by atoms with van der Waals surface area (Å²) in [5.41, 5.74) is 0. The maximum atomic E-state index is 8.25. The average Bonchev–Trinajstić information content (AvgIpc) is 1.54. The molecule has 0 aliphatic rings. The molecule has 0 amide bonds. The van der Waals surface area contributed by atoms with Crippen LogP contribution in [-0.2, 0) is 0 Å². The van der Waals surface area contributed by atoms with Crippen molar-refractivity contribution in [3.05, 3.63) is 46.0 Å². The summed E-state index contributed by atoms with van der Waals surface area (Å²) in [4.78, 5) is 24.8. The van der Waals surface area contributed by atoms with Crippen LogP contribution >= 0.6 is 0 Å². The molecular formula is H3BiN3O10-3. The van der Waals surface area contributed by atoms with E-state index in [1.807, 2.05) is 0 Å². The second-order valence-electron chi connectivity index (χ2n) is 0.671. The van der Waals surface area contributed by atoms with Gasteiger partial charge in [0.15, 0.2) is 0 Å². The zero-order chi connectivity index (χ0) is 10.7. The molecule has 0 aromatic carbocycles. The number of hydrogen-bond donors (Lipinski definition) is 0. The molecule has 14 heavy (non-hydrogen) atoms. The molecule has 14 heteroatoms. The predicted octanol–water partition coefficient (Wildman–Crippen LogP) is -2.19. The Hall–Kier alpha value is -1.56. The molecule has 0 saturated carbocycles. The van der Waals surface area contributed by atoms with Crippen LogP contribution < -0.4 is 0 Å². The van der Waals surface area contributed by atoms with E-state index in [1.54, 1.807) is 0 Å². The van der Waals surface area contributed by atoms with Crippen LogP contribution in [-0.4, -0.2) is 46.9 Å². The summed E-state index contributed by atoms with van der Waals surface area (Å²) in [6.07, 6.45) is 0. The summed E-state index contributed by atoms with van der Waals surface area (Å²) in [5.74, 6) is 0. The molecule has 0 aliphatic carbocycles. The van der Waals surface area contributed by atoms with Gasteiger partial charge in [-0.15, -0.1) is 0 Å². The van der Waals surface area contributed by atoms with Gasteiger partial charge in [0.25, 0.3) is 0 Å². The first-order valence-corrected chi connectivity index (χ1v) is 1.64. The molecular weight excluding hydrogens is 411 g/mol. The molecule has 0 heterocycles. The minimum atomic E-state index is -1.75. The minimum absolute atomic E-state index is 0. The van der Waals surface area contributed by atoms with E-state index in [-0.39, 0.29) is 31.7 Å². The summed E-state index contributed by atoms with van der Waals surface area (Å²) < 4.78 is 0. The van der Waals surface area contributed by atoms with Crippen molar-refractivity contribution in [3.8, 4) is 0 Å². The van der Waals surface area contributed by atoms with Gasteiger partial charge >= 0.3 is 26.2 Å². The van der Waals surface area contributed by atoms with Gasteiger partial charge in [0.05, 0.1) is 15.3 Å². The van der Waals surface area contributed by atoms with E-state index < -0.39 is 15.3 Å². The third kappa shape index (κ3) is 384. The second-order valence-corrected chi connectivity index (χ2v) is 0.671. The van der Waals surface area contributed by atoms with Crippen LogP contribution in [0.3, 0.4) is 0 Å². The van der Waals surface area contributed by atoms with E-state index in [2.05, 4.69) is 0 Å². The topological polar surface area (TPSA) is 230 Å². The quantitative estimate of drug-likeness (QED) is 0.238. The molecule has 0 aromatic rings. The van der Waals surface area contributed by atoms with Crippen molar-refractivity contribution < 1.29 is 20.7 Å². The summed E-state index contributed by atoms with van der Waals surface area (Å²) in [5, 5.41) is 44.2. The fourth-order valence-electron chi connectivity index (χ4n) is 0. The Balaban J connectivity index is -0.0000000270. The Morgan fingerprint density at radius 1 is 0.571 bits per heavy atom. The van der Waals surface area contributed by atoms with Crippen LogP contribution in [0, 0.1) is 46.0 Å². The first-order chi connectivity index (χ1) is 5.20. The van der Waals surface area contributed by atoms with E-state index in [9.17, 15) is 0 Å². The molecule has 0 aliphatic heterocycles. The zero-order valence-electron chi connectivity index (χ0n) is 6.02. The van der Waals surface area contributed by atoms with Gasteiger partial charge in [-0.05, 0) is 0 Å². The first-order valence-electron chi connectivity index (χ1n) is 1.64. The van der Waals surface area contributed by atoms with E-state index in [1.165, 1.54) is 0 Å². The van der Waals surface area contributed by atoms with Gasteiger partial charge in [-0.2, -0.15) is 0 Å². The number of rotatable bonds is 0. The average molecular weight is 414 g/mol. The third-order valence-electron chi connectivity index (χ3n) is 0. The summed E-state index contributed by atoms with van der Waals surface area (Å²) in [6.45, 7) is 0. The Labute approximate surface area is 93.3 Å². The Morgan fingerprint density at radius 3 is 0.571 bits per heavy atom. The maximum absolute atomic E-state index is 8.25. The fraction of sp³-hybridized carbons (Fsp3) is 0. The molecule has 0 atom stereocenters. The molecule has 0 bridgehead atoms. The number of nitrogens with zero attached hydrogens (tertiary/aromatic N) is 3. The third-order valence-corrected chi connectivity index (χ3v) is 0. The molecule has 0 unspecified atom stereocenters. The van der Waals surface area contributed by atoms with Gasteiger partial charge in [0.2, 0.25) is 0 Å². The van der Waals surface area contributed by atoms with E-state index >= 15 is 0 Å². The molecule has 0 saturated heterocycles. The Morgan fingerprint density at radius 2 is 0.571 bits per heavy atom. The molecule has 0 rings (SSSR count). The SMILES string of the molecule is O.O=[N+]([O-])[O-].O=[N+]([O-])[O-].O=[N+]([O-])[O-].[BiH].